The van der Waals surface area contributed by atoms with Gasteiger partial charge in [0, 0.05) is 36.6 Å². The first-order valence-corrected chi connectivity index (χ1v) is 7.57. The molecule has 0 radical (unpaired) electrons. The number of anilines is 1. The largest absolute Gasteiger partial charge is 0.495 e. The number of rotatable bonds is 4. The van der Waals surface area contributed by atoms with Crippen molar-refractivity contribution in [3.05, 3.63) is 23.8 Å². The lowest BCUT2D eigenvalue weighted by molar-refractivity contribution is -0.116. The van der Waals surface area contributed by atoms with Gasteiger partial charge in [-0.05, 0) is 12.1 Å². The van der Waals surface area contributed by atoms with Gasteiger partial charge in [-0.3, -0.25) is 4.79 Å². The van der Waals surface area contributed by atoms with E-state index in [2.05, 4.69) is 10.6 Å². The molecule has 1 atom stereocenters. The van der Waals surface area contributed by atoms with Crippen LogP contribution < -0.4 is 15.4 Å². The summed E-state index contributed by atoms with van der Waals surface area (Å²) in [6, 6.07) is 7.23. The van der Waals surface area contributed by atoms with Gasteiger partial charge >= 0.3 is 0 Å². The van der Waals surface area contributed by atoms with Crippen molar-refractivity contribution >= 4 is 23.4 Å². The standard InChI is InChI=1S/C14H17N3O2S/c1-19-13-6-10(8-15)2-3-12(13)17-14(18)7-11-9-20-5-4-16-11/h2-3,6,11,16H,4-5,7,9H2,1H3,(H,17,18). The SMILES string of the molecule is COc1cc(C#N)ccc1NC(=O)CC1CSCCN1. The van der Waals surface area contributed by atoms with Gasteiger partial charge in [0.1, 0.15) is 5.75 Å². The van der Waals surface area contributed by atoms with Gasteiger partial charge in [0.2, 0.25) is 5.91 Å². The van der Waals surface area contributed by atoms with E-state index in [9.17, 15) is 4.79 Å². The van der Waals surface area contributed by atoms with Crippen molar-refractivity contribution in [2.75, 3.05) is 30.5 Å². The predicted octanol–water partition coefficient (Wildman–Crippen LogP) is 1.60. The lowest BCUT2D eigenvalue weighted by Crippen LogP contribution is -2.39. The highest BCUT2D eigenvalue weighted by atomic mass is 32.2. The summed E-state index contributed by atoms with van der Waals surface area (Å²) in [6.07, 6.45) is 0.441. The number of thioether (sulfide) groups is 1. The molecule has 20 heavy (non-hydrogen) atoms. The minimum absolute atomic E-state index is 0.0481. The minimum atomic E-state index is -0.0481. The molecule has 2 rings (SSSR count). The van der Waals surface area contributed by atoms with Crippen molar-refractivity contribution in [3.8, 4) is 11.8 Å². The summed E-state index contributed by atoms with van der Waals surface area (Å²) < 4.78 is 5.19. The van der Waals surface area contributed by atoms with Gasteiger partial charge in [0.15, 0.2) is 0 Å². The summed E-state index contributed by atoms with van der Waals surface area (Å²) >= 11 is 1.86. The Morgan fingerprint density at radius 3 is 3.15 bits per heavy atom. The second-order valence-electron chi connectivity index (χ2n) is 4.51. The molecule has 0 saturated carbocycles. The smallest absolute Gasteiger partial charge is 0.226 e. The molecule has 1 aromatic carbocycles. The van der Waals surface area contributed by atoms with E-state index in [1.54, 1.807) is 18.2 Å². The van der Waals surface area contributed by atoms with Crippen molar-refractivity contribution in [3.63, 3.8) is 0 Å². The maximum atomic E-state index is 12.0. The summed E-state index contributed by atoms with van der Waals surface area (Å²) in [7, 11) is 1.52. The van der Waals surface area contributed by atoms with E-state index in [0.29, 0.717) is 23.4 Å². The molecule has 1 fully saturated rings. The van der Waals surface area contributed by atoms with E-state index in [-0.39, 0.29) is 11.9 Å². The Bertz CT molecular complexity index is 522. The van der Waals surface area contributed by atoms with Crippen LogP contribution in [0, 0.1) is 11.3 Å². The van der Waals surface area contributed by atoms with Gasteiger partial charge in [-0.15, -0.1) is 0 Å². The molecule has 1 aliphatic rings. The first-order valence-electron chi connectivity index (χ1n) is 6.42. The second kappa shape index (κ2) is 7.17. The Labute approximate surface area is 122 Å². The number of benzene rings is 1. The third kappa shape index (κ3) is 3.89. The van der Waals surface area contributed by atoms with E-state index in [1.807, 2.05) is 17.8 Å². The number of carbonyl (C=O) groups excluding carboxylic acids is 1. The van der Waals surface area contributed by atoms with E-state index in [4.69, 9.17) is 10.00 Å². The predicted molar refractivity (Wildman–Crippen MR) is 80.1 cm³/mol. The molecule has 0 aromatic heterocycles. The molecule has 106 valence electrons. The van der Waals surface area contributed by atoms with Gasteiger partial charge in [-0.25, -0.2) is 0 Å². The number of nitriles is 1. The van der Waals surface area contributed by atoms with E-state index < -0.39 is 0 Å². The van der Waals surface area contributed by atoms with Crippen LogP contribution in [-0.2, 0) is 4.79 Å². The first-order chi connectivity index (χ1) is 9.72. The monoisotopic (exact) mass is 291 g/mol. The highest BCUT2D eigenvalue weighted by molar-refractivity contribution is 7.99. The van der Waals surface area contributed by atoms with Gasteiger partial charge in [-0.1, -0.05) is 0 Å². The maximum absolute atomic E-state index is 12.0. The fourth-order valence-electron chi connectivity index (χ4n) is 2.04. The maximum Gasteiger partial charge on any atom is 0.226 e. The number of nitrogens with zero attached hydrogens (tertiary/aromatic N) is 1. The molecule has 0 spiro atoms. The van der Waals surface area contributed by atoms with Crippen LogP contribution in [-0.4, -0.2) is 37.1 Å². The fraction of sp³-hybridized carbons (Fsp3) is 0.429. The van der Waals surface area contributed by atoms with Crippen LogP contribution in [0.2, 0.25) is 0 Å². The lowest BCUT2D eigenvalue weighted by Gasteiger charge is -2.22. The summed E-state index contributed by atoms with van der Waals surface area (Å²) in [4.78, 5) is 12.0. The molecule has 1 amide bonds. The van der Waals surface area contributed by atoms with Crippen LogP contribution in [0.3, 0.4) is 0 Å². The molecule has 0 bridgehead atoms. The van der Waals surface area contributed by atoms with E-state index in [1.165, 1.54) is 7.11 Å². The topological polar surface area (TPSA) is 74.1 Å². The Balaban J connectivity index is 1.98. The normalized spacial score (nSPS) is 18.1. The molecule has 5 nitrogen and oxygen atoms in total. The zero-order valence-electron chi connectivity index (χ0n) is 11.3. The third-order valence-electron chi connectivity index (χ3n) is 3.03. The van der Waals surface area contributed by atoms with Crippen molar-refractivity contribution < 1.29 is 9.53 Å². The number of hydrogen-bond donors (Lipinski definition) is 2. The molecular weight excluding hydrogens is 274 g/mol. The van der Waals surface area contributed by atoms with Crippen LogP contribution in [0.15, 0.2) is 18.2 Å². The highest BCUT2D eigenvalue weighted by Gasteiger charge is 2.17. The highest BCUT2D eigenvalue weighted by Crippen LogP contribution is 2.25. The minimum Gasteiger partial charge on any atom is -0.495 e. The Hall–Kier alpha value is -1.71. The van der Waals surface area contributed by atoms with Crippen LogP contribution >= 0.6 is 11.8 Å². The van der Waals surface area contributed by atoms with Crippen LogP contribution in [0.5, 0.6) is 5.75 Å². The van der Waals surface area contributed by atoms with Crippen molar-refractivity contribution in [2.45, 2.75) is 12.5 Å². The Kier molecular flexibility index (Phi) is 5.27. The summed E-state index contributed by atoms with van der Waals surface area (Å²) in [5.41, 5.74) is 1.10. The Morgan fingerprint density at radius 1 is 1.65 bits per heavy atom. The lowest BCUT2D eigenvalue weighted by atomic mass is 10.2. The van der Waals surface area contributed by atoms with E-state index in [0.717, 1.165) is 18.1 Å². The van der Waals surface area contributed by atoms with Crippen molar-refractivity contribution in [1.29, 1.82) is 5.26 Å². The van der Waals surface area contributed by atoms with Crippen LogP contribution in [0.1, 0.15) is 12.0 Å². The first kappa shape index (κ1) is 14.7. The molecule has 1 aromatic rings. The van der Waals surface area contributed by atoms with Crippen LogP contribution in [0.4, 0.5) is 5.69 Å². The number of carbonyl (C=O) groups is 1. The molecule has 0 aliphatic carbocycles. The number of methoxy groups -OCH3 is 1. The van der Waals surface area contributed by atoms with Crippen molar-refractivity contribution in [2.24, 2.45) is 0 Å². The quantitative estimate of drug-likeness (QED) is 0.881. The fourth-order valence-corrected chi connectivity index (χ4v) is 2.99. The molecule has 6 heteroatoms. The molecular formula is C14H17N3O2S. The summed E-state index contributed by atoms with van der Waals surface area (Å²) in [5.74, 6) is 2.51. The molecule has 2 N–H and O–H groups in total. The van der Waals surface area contributed by atoms with Gasteiger partial charge in [-0.2, -0.15) is 17.0 Å². The van der Waals surface area contributed by atoms with Crippen molar-refractivity contribution in [1.82, 2.24) is 5.32 Å². The van der Waals surface area contributed by atoms with Gasteiger partial charge in [0.05, 0.1) is 24.4 Å². The molecule has 1 saturated heterocycles. The average molecular weight is 291 g/mol. The van der Waals surface area contributed by atoms with Crippen LogP contribution in [0.25, 0.3) is 0 Å². The van der Waals surface area contributed by atoms with Gasteiger partial charge < -0.3 is 15.4 Å². The summed E-state index contributed by atoms with van der Waals surface area (Å²) in [6.45, 7) is 0.947. The Morgan fingerprint density at radius 2 is 2.50 bits per heavy atom. The summed E-state index contributed by atoms with van der Waals surface area (Å²) in [5, 5.41) is 15.0. The number of hydrogen-bond acceptors (Lipinski definition) is 5. The average Bonchev–Trinajstić information content (AvgIpc) is 2.48. The second-order valence-corrected chi connectivity index (χ2v) is 5.65. The molecule has 1 heterocycles. The number of nitrogens with one attached hydrogen (secondary N) is 2. The number of amides is 1. The zero-order valence-corrected chi connectivity index (χ0v) is 12.1. The van der Waals surface area contributed by atoms with E-state index >= 15 is 0 Å². The molecule has 1 aliphatic heterocycles. The zero-order chi connectivity index (χ0) is 14.4. The van der Waals surface area contributed by atoms with Gasteiger partial charge in [0.25, 0.3) is 0 Å². The third-order valence-corrected chi connectivity index (χ3v) is 4.17. The number of ether oxygens (including phenoxy) is 1. The molecule has 1 unspecified atom stereocenters.